The van der Waals surface area contributed by atoms with Crippen LogP contribution in [0.25, 0.3) is 0 Å². The van der Waals surface area contributed by atoms with Gasteiger partial charge in [-0.15, -0.1) is 0 Å². The Kier molecular flexibility index (Phi) is 6.12. The molecule has 0 aliphatic heterocycles. The van der Waals surface area contributed by atoms with Gasteiger partial charge in [0.15, 0.2) is 0 Å². The number of hydrogen-bond acceptors (Lipinski definition) is 4. The van der Waals surface area contributed by atoms with E-state index in [0.29, 0.717) is 0 Å². The second kappa shape index (κ2) is 7.07. The van der Waals surface area contributed by atoms with Crippen molar-refractivity contribution >= 4 is 12.1 Å². The van der Waals surface area contributed by atoms with Crippen molar-refractivity contribution in [1.29, 1.82) is 0 Å². The van der Waals surface area contributed by atoms with Crippen molar-refractivity contribution in [3.8, 4) is 5.75 Å². The summed E-state index contributed by atoms with van der Waals surface area (Å²) in [5.41, 5.74) is 6.12. The molecule has 0 amide bonds. The molecule has 0 aliphatic rings. The molecule has 0 saturated heterocycles. The van der Waals surface area contributed by atoms with Gasteiger partial charge in [-0.25, -0.2) is 4.79 Å². The van der Waals surface area contributed by atoms with Crippen molar-refractivity contribution in [2.45, 2.75) is 12.5 Å². The molecule has 7 heteroatoms. The zero-order valence-corrected chi connectivity index (χ0v) is 8.78. The predicted molar refractivity (Wildman–Crippen MR) is 58.1 cm³/mol. The third-order valence-electron chi connectivity index (χ3n) is 1.71. The van der Waals surface area contributed by atoms with Crippen molar-refractivity contribution < 1.29 is 30.0 Å². The summed E-state index contributed by atoms with van der Waals surface area (Å²) in [4.78, 5) is 19.0. The van der Waals surface area contributed by atoms with Gasteiger partial charge in [-0.1, -0.05) is 12.1 Å². The zero-order chi connectivity index (χ0) is 13.4. The zero-order valence-electron chi connectivity index (χ0n) is 8.78. The van der Waals surface area contributed by atoms with Crippen LogP contribution >= 0.6 is 0 Å². The van der Waals surface area contributed by atoms with Gasteiger partial charge in [0.1, 0.15) is 11.8 Å². The third kappa shape index (κ3) is 7.63. The Morgan fingerprint density at radius 3 is 1.88 bits per heavy atom. The van der Waals surface area contributed by atoms with Crippen molar-refractivity contribution in [2.24, 2.45) is 5.73 Å². The number of benzene rings is 1. The number of nitrogens with two attached hydrogens (primary N) is 1. The minimum atomic E-state index is -1.83. The van der Waals surface area contributed by atoms with Crippen LogP contribution in [0.15, 0.2) is 24.3 Å². The molecule has 1 rings (SSSR count). The number of phenols is 1. The van der Waals surface area contributed by atoms with Gasteiger partial charge in [0.2, 0.25) is 0 Å². The van der Waals surface area contributed by atoms with E-state index in [1.165, 1.54) is 12.1 Å². The Hall–Kier alpha value is -2.28. The van der Waals surface area contributed by atoms with E-state index in [-0.39, 0.29) is 12.2 Å². The topological polar surface area (TPSA) is 141 Å². The molecular weight excluding hydrogens is 230 g/mol. The lowest BCUT2D eigenvalue weighted by Crippen LogP contribution is -2.32. The average Bonchev–Trinajstić information content (AvgIpc) is 2.20. The Balaban J connectivity index is 0.000000557. The van der Waals surface area contributed by atoms with E-state index in [9.17, 15) is 4.79 Å². The Morgan fingerprint density at radius 1 is 1.12 bits per heavy atom. The number of phenolic OH excluding ortho intramolecular Hbond substituents is 1. The first-order chi connectivity index (χ1) is 7.82. The highest BCUT2D eigenvalue weighted by atomic mass is 16.6. The lowest BCUT2D eigenvalue weighted by molar-refractivity contribution is -0.138. The minimum Gasteiger partial charge on any atom is -0.508 e. The molecule has 1 aromatic carbocycles. The first kappa shape index (κ1) is 14.7. The van der Waals surface area contributed by atoms with E-state index in [0.717, 1.165) is 5.56 Å². The van der Waals surface area contributed by atoms with Crippen LogP contribution < -0.4 is 5.73 Å². The summed E-state index contributed by atoms with van der Waals surface area (Å²) in [6.07, 6.45) is -1.56. The number of hydrogen-bond donors (Lipinski definition) is 5. The number of carbonyl (C=O) groups is 2. The molecule has 1 aromatic rings. The quantitative estimate of drug-likeness (QED) is 0.522. The van der Waals surface area contributed by atoms with Gasteiger partial charge in [-0.2, -0.15) is 0 Å². The lowest BCUT2D eigenvalue weighted by Gasteiger charge is -2.05. The maximum Gasteiger partial charge on any atom is 0.503 e. The van der Waals surface area contributed by atoms with Crippen LogP contribution in [0.3, 0.4) is 0 Å². The molecule has 0 aromatic heterocycles. The standard InChI is InChI=1S/C9H11NO3.CH2O3/c10-8(9(12)13)5-6-1-3-7(11)4-2-6;2-1(3)4/h1-4,8,11H,5,10H2,(H,12,13);(H2,2,3,4)/t8-;/m0./s1. The molecule has 0 saturated carbocycles. The maximum absolute atomic E-state index is 10.4. The summed E-state index contributed by atoms with van der Waals surface area (Å²) >= 11 is 0. The molecule has 0 radical (unpaired) electrons. The largest absolute Gasteiger partial charge is 0.508 e. The highest BCUT2D eigenvalue weighted by Gasteiger charge is 2.11. The van der Waals surface area contributed by atoms with E-state index < -0.39 is 18.2 Å². The fourth-order valence-electron chi connectivity index (χ4n) is 0.973. The lowest BCUT2D eigenvalue weighted by atomic mass is 10.1. The predicted octanol–water partition coefficient (Wildman–Crippen LogP) is 0.569. The number of rotatable bonds is 3. The van der Waals surface area contributed by atoms with E-state index in [2.05, 4.69) is 0 Å². The fraction of sp³-hybridized carbons (Fsp3) is 0.200. The number of aliphatic carboxylic acids is 1. The first-order valence-corrected chi connectivity index (χ1v) is 4.51. The average molecular weight is 243 g/mol. The van der Waals surface area contributed by atoms with Crippen LogP contribution in [0.2, 0.25) is 0 Å². The monoisotopic (exact) mass is 243 g/mol. The van der Waals surface area contributed by atoms with Crippen LogP contribution in [0.5, 0.6) is 5.75 Å². The summed E-state index contributed by atoms with van der Waals surface area (Å²) in [5.74, 6) is -0.860. The van der Waals surface area contributed by atoms with Crippen LogP contribution in [0.1, 0.15) is 5.56 Å². The number of carboxylic acid groups (broad SMARTS) is 3. The van der Waals surface area contributed by atoms with E-state index in [1.54, 1.807) is 12.1 Å². The summed E-state index contributed by atoms with van der Waals surface area (Å²) in [7, 11) is 0. The second-order valence-corrected chi connectivity index (χ2v) is 3.10. The van der Waals surface area contributed by atoms with E-state index in [4.69, 9.17) is 31.0 Å². The molecule has 0 fully saturated rings. The Bertz CT molecular complexity index is 371. The van der Waals surface area contributed by atoms with Crippen LogP contribution in [-0.4, -0.2) is 38.6 Å². The molecule has 0 spiro atoms. The second-order valence-electron chi connectivity index (χ2n) is 3.10. The number of aromatic hydroxyl groups is 1. The third-order valence-corrected chi connectivity index (χ3v) is 1.71. The summed E-state index contributed by atoms with van der Waals surface area (Å²) in [6.45, 7) is 0. The summed E-state index contributed by atoms with van der Waals surface area (Å²) in [6, 6.07) is 5.42. The van der Waals surface area contributed by atoms with Crippen molar-refractivity contribution in [3.63, 3.8) is 0 Å². The smallest absolute Gasteiger partial charge is 0.503 e. The van der Waals surface area contributed by atoms with Gasteiger partial charge < -0.3 is 26.2 Å². The van der Waals surface area contributed by atoms with Gasteiger partial charge >= 0.3 is 12.1 Å². The van der Waals surface area contributed by atoms with Crippen LogP contribution in [0.4, 0.5) is 4.79 Å². The van der Waals surface area contributed by atoms with Gasteiger partial charge in [0.25, 0.3) is 0 Å². The highest BCUT2D eigenvalue weighted by molar-refractivity contribution is 5.73. The van der Waals surface area contributed by atoms with Crippen LogP contribution in [-0.2, 0) is 11.2 Å². The molecule has 17 heavy (non-hydrogen) atoms. The molecule has 7 nitrogen and oxygen atoms in total. The molecular formula is C10H13NO6. The minimum absolute atomic E-state index is 0.160. The van der Waals surface area contributed by atoms with E-state index >= 15 is 0 Å². The highest BCUT2D eigenvalue weighted by Crippen LogP contribution is 2.10. The molecule has 0 aliphatic carbocycles. The van der Waals surface area contributed by atoms with Gasteiger partial charge in [-0.3, -0.25) is 4.79 Å². The molecule has 94 valence electrons. The molecule has 0 heterocycles. The molecule has 0 bridgehead atoms. The molecule has 0 unspecified atom stereocenters. The maximum atomic E-state index is 10.4. The van der Waals surface area contributed by atoms with Gasteiger partial charge in [0, 0.05) is 0 Å². The van der Waals surface area contributed by atoms with Gasteiger partial charge in [-0.05, 0) is 24.1 Å². The molecule has 6 N–H and O–H groups in total. The summed E-state index contributed by atoms with van der Waals surface area (Å²) in [5, 5.41) is 31.4. The SMILES string of the molecule is N[C@@H](Cc1ccc(O)cc1)C(=O)O.O=C(O)O. The van der Waals surface area contributed by atoms with Crippen molar-refractivity contribution in [3.05, 3.63) is 29.8 Å². The van der Waals surface area contributed by atoms with Crippen molar-refractivity contribution in [1.82, 2.24) is 0 Å². The Labute approximate surface area is 96.7 Å². The Morgan fingerprint density at radius 2 is 1.53 bits per heavy atom. The van der Waals surface area contributed by atoms with Crippen molar-refractivity contribution in [2.75, 3.05) is 0 Å². The summed E-state index contributed by atoms with van der Waals surface area (Å²) < 4.78 is 0. The van der Waals surface area contributed by atoms with Gasteiger partial charge in [0.05, 0.1) is 0 Å². The normalized spacial score (nSPS) is 10.9. The van der Waals surface area contributed by atoms with Crippen LogP contribution in [0, 0.1) is 0 Å². The first-order valence-electron chi connectivity index (χ1n) is 4.51. The number of carboxylic acids is 1. The fourth-order valence-corrected chi connectivity index (χ4v) is 0.973. The molecule has 1 atom stereocenters. The van der Waals surface area contributed by atoms with E-state index in [1.807, 2.05) is 0 Å².